The average Bonchev–Trinajstić information content (AvgIpc) is 3.04. The SMILES string of the molecule is CCS(=O)(=O)N1CCCC1C(=O)NCC1(N(C)C)CCCCC1. The monoisotopic (exact) mass is 345 g/mol. The Labute approximate surface area is 140 Å². The second-order valence-electron chi connectivity index (χ2n) is 7.07. The van der Waals surface area contributed by atoms with Crippen LogP contribution in [0.5, 0.6) is 0 Å². The Morgan fingerprint density at radius 2 is 1.87 bits per heavy atom. The van der Waals surface area contributed by atoms with E-state index in [2.05, 4.69) is 24.3 Å². The van der Waals surface area contributed by atoms with Crippen LogP contribution in [0.4, 0.5) is 0 Å². The Bertz CT molecular complexity index is 513. The van der Waals surface area contributed by atoms with Gasteiger partial charge in [0.25, 0.3) is 0 Å². The molecule has 6 nitrogen and oxygen atoms in total. The van der Waals surface area contributed by atoms with Crippen LogP contribution in [-0.4, -0.2) is 68.0 Å². The van der Waals surface area contributed by atoms with Gasteiger partial charge in [-0.3, -0.25) is 4.79 Å². The molecule has 0 radical (unpaired) electrons. The number of nitrogens with zero attached hydrogens (tertiary/aromatic N) is 2. The van der Waals surface area contributed by atoms with Gasteiger partial charge >= 0.3 is 0 Å². The van der Waals surface area contributed by atoms with Gasteiger partial charge in [0.05, 0.1) is 5.75 Å². The molecule has 1 aliphatic heterocycles. The molecule has 1 heterocycles. The Kier molecular flexibility index (Phi) is 6.08. The fourth-order valence-corrected chi connectivity index (χ4v) is 5.19. The third-order valence-corrected chi connectivity index (χ3v) is 7.43. The minimum absolute atomic E-state index is 0.0149. The van der Waals surface area contributed by atoms with Crippen molar-refractivity contribution in [2.45, 2.75) is 63.5 Å². The predicted octanol–water partition coefficient (Wildman–Crippen LogP) is 1.18. The van der Waals surface area contributed by atoms with Crippen molar-refractivity contribution in [3.05, 3.63) is 0 Å². The van der Waals surface area contributed by atoms with Crippen LogP contribution in [0.25, 0.3) is 0 Å². The Morgan fingerprint density at radius 3 is 2.43 bits per heavy atom. The van der Waals surface area contributed by atoms with E-state index in [0.29, 0.717) is 19.5 Å². The molecule has 1 atom stereocenters. The number of nitrogens with one attached hydrogen (secondary N) is 1. The smallest absolute Gasteiger partial charge is 0.238 e. The number of hydrogen-bond donors (Lipinski definition) is 1. The van der Waals surface area contributed by atoms with E-state index in [1.165, 1.54) is 23.6 Å². The van der Waals surface area contributed by atoms with E-state index in [-0.39, 0.29) is 17.2 Å². The maximum Gasteiger partial charge on any atom is 0.238 e. The first kappa shape index (κ1) is 18.7. The van der Waals surface area contributed by atoms with Crippen molar-refractivity contribution in [2.24, 2.45) is 0 Å². The van der Waals surface area contributed by atoms with Crippen LogP contribution in [0.3, 0.4) is 0 Å². The molecule has 1 aliphatic carbocycles. The van der Waals surface area contributed by atoms with Crippen molar-refractivity contribution in [1.29, 1.82) is 0 Å². The molecule has 0 bridgehead atoms. The molecular formula is C16H31N3O3S. The summed E-state index contributed by atoms with van der Waals surface area (Å²) >= 11 is 0. The zero-order valence-corrected chi connectivity index (χ0v) is 15.5. The largest absolute Gasteiger partial charge is 0.353 e. The highest BCUT2D eigenvalue weighted by molar-refractivity contribution is 7.89. The lowest BCUT2D eigenvalue weighted by Gasteiger charge is -2.43. The van der Waals surface area contributed by atoms with E-state index in [4.69, 9.17) is 0 Å². The molecule has 1 saturated carbocycles. The van der Waals surface area contributed by atoms with Gasteiger partial charge in [-0.1, -0.05) is 19.3 Å². The molecule has 2 aliphatic rings. The zero-order valence-electron chi connectivity index (χ0n) is 14.7. The molecule has 1 saturated heterocycles. The molecule has 1 N–H and O–H groups in total. The summed E-state index contributed by atoms with van der Waals surface area (Å²) < 4.78 is 25.7. The van der Waals surface area contributed by atoms with Crippen LogP contribution in [-0.2, 0) is 14.8 Å². The third-order valence-electron chi connectivity index (χ3n) is 5.55. The summed E-state index contributed by atoms with van der Waals surface area (Å²) in [5.41, 5.74) is 0.0149. The van der Waals surface area contributed by atoms with Crippen LogP contribution >= 0.6 is 0 Å². The van der Waals surface area contributed by atoms with Crippen LogP contribution in [0.1, 0.15) is 51.9 Å². The maximum absolute atomic E-state index is 12.6. The number of rotatable bonds is 6. The Hall–Kier alpha value is -0.660. The minimum Gasteiger partial charge on any atom is -0.353 e. The fourth-order valence-electron chi connectivity index (χ4n) is 3.86. The van der Waals surface area contributed by atoms with E-state index in [0.717, 1.165) is 19.3 Å². The van der Waals surface area contributed by atoms with E-state index in [9.17, 15) is 13.2 Å². The molecule has 1 amide bonds. The van der Waals surface area contributed by atoms with E-state index < -0.39 is 16.1 Å². The molecular weight excluding hydrogens is 314 g/mol. The highest BCUT2D eigenvalue weighted by atomic mass is 32.2. The van der Waals surface area contributed by atoms with Gasteiger partial charge in [0, 0.05) is 18.6 Å². The summed E-state index contributed by atoms with van der Waals surface area (Å²) in [5, 5.41) is 3.06. The van der Waals surface area contributed by atoms with Gasteiger partial charge in [0.15, 0.2) is 0 Å². The van der Waals surface area contributed by atoms with Crippen molar-refractivity contribution in [3.63, 3.8) is 0 Å². The fraction of sp³-hybridized carbons (Fsp3) is 0.938. The van der Waals surface area contributed by atoms with E-state index in [1.54, 1.807) is 6.92 Å². The van der Waals surface area contributed by atoms with Crippen molar-refractivity contribution in [2.75, 3.05) is 32.9 Å². The van der Waals surface area contributed by atoms with E-state index >= 15 is 0 Å². The Morgan fingerprint density at radius 1 is 1.22 bits per heavy atom. The van der Waals surface area contributed by atoms with Gasteiger partial charge in [0.1, 0.15) is 6.04 Å². The molecule has 134 valence electrons. The van der Waals surface area contributed by atoms with Crippen LogP contribution < -0.4 is 5.32 Å². The topological polar surface area (TPSA) is 69.7 Å². The first-order valence-electron chi connectivity index (χ1n) is 8.77. The van der Waals surface area contributed by atoms with Crippen molar-refractivity contribution >= 4 is 15.9 Å². The standard InChI is InChI=1S/C16H31N3O3S/c1-4-23(21,22)19-12-8-9-14(19)15(20)17-13-16(18(2)3)10-6-5-7-11-16/h14H,4-13H2,1-3H3,(H,17,20). The van der Waals surface area contributed by atoms with Gasteiger partial charge in [0.2, 0.25) is 15.9 Å². The molecule has 0 aromatic rings. The second-order valence-corrected chi connectivity index (χ2v) is 9.28. The summed E-state index contributed by atoms with van der Waals surface area (Å²) in [7, 11) is 0.836. The number of amides is 1. The number of carbonyl (C=O) groups excluding carboxylic acids is 1. The average molecular weight is 346 g/mol. The summed E-state index contributed by atoms with van der Waals surface area (Å²) in [4.78, 5) is 14.8. The zero-order chi connectivity index (χ0) is 17.1. The lowest BCUT2D eigenvalue weighted by Crippen LogP contribution is -2.56. The summed E-state index contributed by atoms with van der Waals surface area (Å²) in [6, 6.07) is -0.525. The van der Waals surface area contributed by atoms with Crippen molar-refractivity contribution in [1.82, 2.24) is 14.5 Å². The van der Waals surface area contributed by atoms with Crippen molar-refractivity contribution in [3.8, 4) is 0 Å². The van der Waals surface area contributed by atoms with Gasteiger partial charge in [-0.25, -0.2) is 8.42 Å². The van der Waals surface area contributed by atoms with Crippen LogP contribution in [0.15, 0.2) is 0 Å². The molecule has 1 unspecified atom stereocenters. The highest BCUT2D eigenvalue weighted by Gasteiger charge is 2.39. The van der Waals surface area contributed by atoms with Gasteiger partial charge in [-0.15, -0.1) is 0 Å². The molecule has 0 aromatic heterocycles. The quantitative estimate of drug-likeness (QED) is 0.785. The molecule has 2 rings (SSSR count). The molecule has 0 spiro atoms. The van der Waals surface area contributed by atoms with Gasteiger partial charge in [-0.05, 0) is 46.7 Å². The number of sulfonamides is 1. The number of likely N-dealkylation sites (N-methyl/N-ethyl adjacent to an activating group) is 1. The number of hydrogen-bond acceptors (Lipinski definition) is 4. The summed E-state index contributed by atoms with van der Waals surface area (Å²) in [5.74, 6) is -0.0791. The maximum atomic E-state index is 12.6. The van der Waals surface area contributed by atoms with Gasteiger partial charge in [-0.2, -0.15) is 4.31 Å². The lowest BCUT2D eigenvalue weighted by atomic mass is 9.80. The second kappa shape index (κ2) is 7.49. The first-order valence-corrected chi connectivity index (χ1v) is 10.4. The summed E-state index contributed by atoms with van der Waals surface area (Å²) in [6.45, 7) is 2.70. The minimum atomic E-state index is -3.30. The molecule has 2 fully saturated rings. The van der Waals surface area contributed by atoms with Crippen molar-refractivity contribution < 1.29 is 13.2 Å². The Balaban J connectivity index is 2.01. The van der Waals surface area contributed by atoms with Gasteiger partial charge < -0.3 is 10.2 Å². The summed E-state index contributed by atoms with van der Waals surface area (Å²) in [6.07, 6.45) is 7.19. The molecule has 7 heteroatoms. The first-order chi connectivity index (χ1) is 10.8. The van der Waals surface area contributed by atoms with Crippen LogP contribution in [0, 0.1) is 0 Å². The third kappa shape index (κ3) is 4.06. The highest BCUT2D eigenvalue weighted by Crippen LogP contribution is 2.32. The predicted molar refractivity (Wildman–Crippen MR) is 91.7 cm³/mol. The molecule has 0 aromatic carbocycles. The normalized spacial score (nSPS) is 25.7. The molecule has 23 heavy (non-hydrogen) atoms. The van der Waals surface area contributed by atoms with Crippen LogP contribution in [0.2, 0.25) is 0 Å². The lowest BCUT2D eigenvalue weighted by molar-refractivity contribution is -0.125. The van der Waals surface area contributed by atoms with E-state index in [1.807, 2.05) is 0 Å². The number of carbonyl (C=O) groups is 1.